The summed E-state index contributed by atoms with van der Waals surface area (Å²) in [7, 11) is 0. The Labute approximate surface area is 100 Å². The van der Waals surface area contributed by atoms with E-state index in [4.69, 9.17) is 4.42 Å². The Hall–Kier alpha value is -2.05. The van der Waals surface area contributed by atoms with Crippen molar-refractivity contribution in [2.75, 3.05) is 6.61 Å². The second kappa shape index (κ2) is 5.52. The molecule has 7 heteroatoms. The van der Waals surface area contributed by atoms with Crippen LogP contribution in [0.25, 0.3) is 6.08 Å². The Bertz CT molecular complexity index is 457. The third kappa shape index (κ3) is 3.47. The Kier molecular flexibility index (Phi) is 4.30. The lowest BCUT2D eigenvalue weighted by molar-refractivity contribution is -0.168. The molecule has 0 saturated carbocycles. The van der Waals surface area contributed by atoms with Crippen LogP contribution in [-0.4, -0.2) is 24.5 Å². The molecule has 0 aliphatic heterocycles. The Morgan fingerprint density at radius 2 is 2.11 bits per heavy atom. The van der Waals surface area contributed by atoms with Gasteiger partial charge in [-0.3, -0.25) is 4.79 Å². The van der Waals surface area contributed by atoms with Gasteiger partial charge in [-0.2, -0.15) is 13.2 Å². The molecule has 0 atom stereocenters. The van der Waals surface area contributed by atoms with E-state index in [1.165, 1.54) is 25.3 Å². The van der Waals surface area contributed by atoms with Gasteiger partial charge in [-0.15, -0.1) is 0 Å². The fourth-order valence-corrected chi connectivity index (χ4v) is 1.09. The summed E-state index contributed by atoms with van der Waals surface area (Å²) in [6, 6.07) is 2.72. The molecular formula is C11H9F3O4. The molecule has 0 aromatic carbocycles. The van der Waals surface area contributed by atoms with Gasteiger partial charge in [0.25, 0.3) is 5.78 Å². The third-order valence-electron chi connectivity index (χ3n) is 1.83. The number of alkyl halides is 3. The van der Waals surface area contributed by atoms with Gasteiger partial charge in [0.2, 0.25) is 0 Å². The van der Waals surface area contributed by atoms with Crippen molar-refractivity contribution in [3.63, 3.8) is 0 Å². The normalized spacial score (nSPS) is 12.3. The van der Waals surface area contributed by atoms with Crippen LogP contribution in [0.2, 0.25) is 0 Å². The molecule has 1 aromatic heterocycles. The van der Waals surface area contributed by atoms with Gasteiger partial charge >= 0.3 is 12.1 Å². The second-order valence-electron chi connectivity index (χ2n) is 3.12. The molecule has 1 aromatic rings. The molecule has 1 heterocycles. The highest BCUT2D eigenvalue weighted by Gasteiger charge is 2.43. The topological polar surface area (TPSA) is 56.5 Å². The molecule has 0 spiro atoms. The Morgan fingerprint density at radius 1 is 1.44 bits per heavy atom. The molecule has 0 radical (unpaired) electrons. The molecule has 0 N–H and O–H groups in total. The monoisotopic (exact) mass is 262 g/mol. The van der Waals surface area contributed by atoms with E-state index in [1.54, 1.807) is 0 Å². The number of carbonyl (C=O) groups excluding carboxylic acids is 2. The SMILES string of the molecule is CCOC(=O)/C(=C\c1ccco1)C(=O)C(F)(F)F. The van der Waals surface area contributed by atoms with Crippen LogP contribution < -0.4 is 0 Å². The lowest BCUT2D eigenvalue weighted by atomic mass is 10.1. The van der Waals surface area contributed by atoms with Gasteiger partial charge in [-0.1, -0.05) is 0 Å². The fourth-order valence-electron chi connectivity index (χ4n) is 1.09. The average molecular weight is 262 g/mol. The molecule has 0 unspecified atom stereocenters. The molecule has 1 rings (SSSR count). The number of halogens is 3. The van der Waals surface area contributed by atoms with Gasteiger partial charge in [0.15, 0.2) is 0 Å². The smallest absolute Gasteiger partial charge is 0.455 e. The van der Waals surface area contributed by atoms with E-state index in [0.29, 0.717) is 6.08 Å². The van der Waals surface area contributed by atoms with Crippen molar-refractivity contribution in [2.24, 2.45) is 0 Å². The van der Waals surface area contributed by atoms with Crippen LogP contribution in [0.3, 0.4) is 0 Å². The van der Waals surface area contributed by atoms with Crippen molar-refractivity contribution in [1.29, 1.82) is 0 Å². The van der Waals surface area contributed by atoms with Gasteiger partial charge in [-0.05, 0) is 25.1 Å². The molecule has 0 aliphatic carbocycles. The van der Waals surface area contributed by atoms with E-state index in [9.17, 15) is 22.8 Å². The summed E-state index contributed by atoms with van der Waals surface area (Å²) < 4.78 is 46.1. The summed E-state index contributed by atoms with van der Waals surface area (Å²) in [5.74, 6) is -3.65. The highest BCUT2D eigenvalue weighted by atomic mass is 19.4. The van der Waals surface area contributed by atoms with Gasteiger partial charge in [0.1, 0.15) is 11.3 Å². The number of hydrogen-bond donors (Lipinski definition) is 0. The molecule has 98 valence electrons. The summed E-state index contributed by atoms with van der Waals surface area (Å²) in [5, 5.41) is 0. The first kappa shape index (κ1) is 14.0. The lowest BCUT2D eigenvalue weighted by Gasteiger charge is -2.08. The van der Waals surface area contributed by atoms with E-state index in [0.717, 1.165) is 0 Å². The van der Waals surface area contributed by atoms with Crippen LogP contribution in [0.5, 0.6) is 0 Å². The predicted octanol–water partition coefficient (Wildman–Crippen LogP) is 2.36. The van der Waals surface area contributed by atoms with E-state index >= 15 is 0 Å². The minimum absolute atomic E-state index is 0.0457. The molecule has 0 fully saturated rings. The highest BCUT2D eigenvalue weighted by Crippen LogP contribution is 2.23. The largest absolute Gasteiger partial charge is 0.465 e. The maximum Gasteiger partial charge on any atom is 0.455 e. The number of ether oxygens (including phenoxy) is 1. The van der Waals surface area contributed by atoms with Crippen molar-refractivity contribution >= 4 is 17.8 Å². The summed E-state index contributed by atoms with van der Waals surface area (Å²) in [6.07, 6.45) is -3.24. The van der Waals surface area contributed by atoms with Crippen molar-refractivity contribution < 1.29 is 31.9 Å². The maximum absolute atomic E-state index is 12.3. The summed E-state index contributed by atoms with van der Waals surface area (Å²) >= 11 is 0. The van der Waals surface area contributed by atoms with Crippen molar-refractivity contribution in [2.45, 2.75) is 13.1 Å². The zero-order valence-electron chi connectivity index (χ0n) is 9.28. The number of furan rings is 1. The van der Waals surface area contributed by atoms with Gasteiger partial charge in [0, 0.05) is 0 Å². The first-order valence-corrected chi connectivity index (χ1v) is 4.90. The van der Waals surface area contributed by atoms with Crippen LogP contribution in [0.4, 0.5) is 13.2 Å². The zero-order valence-corrected chi connectivity index (χ0v) is 9.28. The average Bonchev–Trinajstić information content (AvgIpc) is 2.76. The number of Topliss-reactive ketones (excluding diaryl/α,β-unsaturated/α-hetero) is 1. The molecule has 0 amide bonds. The fraction of sp³-hybridized carbons (Fsp3) is 0.273. The summed E-state index contributed by atoms with van der Waals surface area (Å²) in [6.45, 7) is 1.28. The molecule has 0 bridgehead atoms. The van der Waals surface area contributed by atoms with Crippen molar-refractivity contribution in [3.05, 3.63) is 29.7 Å². The van der Waals surface area contributed by atoms with E-state index in [1.807, 2.05) is 0 Å². The van der Waals surface area contributed by atoms with E-state index in [-0.39, 0.29) is 12.4 Å². The number of carbonyl (C=O) groups is 2. The van der Waals surface area contributed by atoms with E-state index < -0.39 is 23.5 Å². The zero-order chi connectivity index (χ0) is 13.8. The molecule has 0 aliphatic rings. The predicted molar refractivity (Wildman–Crippen MR) is 54.4 cm³/mol. The third-order valence-corrected chi connectivity index (χ3v) is 1.83. The Balaban J connectivity index is 3.11. The molecular weight excluding hydrogens is 253 g/mol. The highest BCUT2D eigenvalue weighted by molar-refractivity contribution is 6.22. The Morgan fingerprint density at radius 3 is 2.56 bits per heavy atom. The van der Waals surface area contributed by atoms with Crippen molar-refractivity contribution in [3.8, 4) is 0 Å². The molecule has 4 nitrogen and oxygen atoms in total. The lowest BCUT2D eigenvalue weighted by Crippen LogP contribution is -2.29. The number of esters is 1. The molecule has 0 saturated heterocycles. The summed E-state index contributed by atoms with van der Waals surface area (Å²) in [4.78, 5) is 22.4. The standard InChI is InChI=1S/C11H9F3O4/c1-2-17-10(16)8(9(15)11(12,13)14)6-7-4-3-5-18-7/h3-6H,2H2,1H3/b8-6-. The first-order valence-electron chi connectivity index (χ1n) is 4.90. The summed E-state index contributed by atoms with van der Waals surface area (Å²) in [5.41, 5.74) is -1.11. The maximum atomic E-state index is 12.3. The van der Waals surface area contributed by atoms with E-state index in [2.05, 4.69) is 4.74 Å². The number of ketones is 1. The van der Waals surface area contributed by atoms with Gasteiger partial charge in [-0.25, -0.2) is 4.79 Å². The minimum Gasteiger partial charge on any atom is -0.465 e. The molecule has 18 heavy (non-hydrogen) atoms. The van der Waals surface area contributed by atoms with Crippen LogP contribution >= 0.6 is 0 Å². The number of hydrogen-bond acceptors (Lipinski definition) is 4. The minimum atomic E-state index is -5.15. The first-order chi connectivity index (χ1) is 8.36. The second-order valence-corrected chi connectivity index (χ2v) is 3.12. The quantitative estimate of drug-likeness (QED) is 0.362. The van der Waals surface area contributed by atoms with Crippen LogP contribution in [-0.2, 0) is 14.3 Å². The van der Waals surface area contributed by atoms with Gasteiger partial charge < -0.3 is 9.15 Å². The van der Waals surface area contributed by atoms with Crippen LogP contribution in [0.15, 0.2) is 28.4 Å². The van der Waals surface area contributed by atoms with Crippen LogP contribution in [0.1, 0.15) is 12.7 Å². The number of rotatable bonds is 4. The van der Waals surface area contributed by atoms with Crippen LogP contribution in [0, 0.1) is 0 Å². The van der Waals surface area contributed by atoms with Gasteiger partial charge in [0.05, 0.1) is 12.9 Å². The van der Waals surface area contributed by atoms with Crippen molar-refractivity contribution in [1.82, 2.24) is 0 Å².